The van der Waals surface area contributed by atoms with E-state index in [0.717, 1.165) is 0 Å². The van der Waals surface area contributed by atoms with Crippen LogP contribution in [0.1, 0.15) is 0 Å². The van der Waals surface area contributed by atoms with Crippen LogP contribution in [0.25, 0.3) is 0 Å². The van der Waals surface area contributed by atoms with E-state index in [0.29, 0.717) is 0 Å². The van der Waals surface area contributed by atoms with Crippen LogP contribution in [0.4, 0.5) is 0 Å². The highest BCUT2D eigenvalue weighted by Gasteiger charge is 2.31. The van der Waals surface area contributed by atoms with Crippen molar-refractivity contribution in [3.63, 3.8) is 0 Å². The summed E-state index contributed by atoms with van der Waals surface area (Å²) in [5.74, 6) is -0.403. The van der Waals surface area contributed by atoms with Gasteiger partial charge in [0.2, 0.25) is 0 Å². The van der Waals surface area contributed by atoms with E-state index in [9.17, 15) is 0 Å². The van der Waals surface area contributed by atoms with E-state index in [1.54, 1.807) is 0 Å². The summed E-state index contributed by atoms with van der Waals surface area (Å²) in [6.07, 6.45) is 0. The first-order valence-corrected chi connectivity index (χ1v) is 2.84. The second-order valence-electron chi connectivity index (χ2n) is 2.20. The van der Waals surface area contributed by atoms with Gasteiger partial charge in [0.25, 0.3) is 0 Å². The molecule has 0 aliphatic heterocycles. The van der Waals surface area contributed by atoms with Crippen LogP contribution in [-0.4, -0.2) is 45.7 Å². The fourth-order valence-electron chi connectivity index (χ4n) is 0.424. The van der Waals surface area contributed by atoms with Crippen molar-refractivity contribution in [2.45, 2.75) is 0 Å². The standard InChI is InChI=1S/C6H12O4.H2O/c1-5(10)6(2-7,3-8)4-9;/h7-10H,1-4H2;1H2. The van der Waals surface area contributed by atoms with E-state index < -0.39 is 31.0 Å². The Morgan fingerprint density at radius 1 is 1.09 bits per heavy atom. The van der Waals surface area contributed by atoms with Crippen molar-refractivity contribution in [1.29, 1.82) is 0 Å². The summed E-state index contributed by atoms with van der Waals surface area (Å²) in [6.45, 7) is 1.56. The van der Waals surface area contributed by atoms with Gasteiger partial charge in [-0.15, -0.1) is 0 Å². The highest BCUT2D eigenvalue weighted by atomic mass is 16.3. The molecule has 0 rings (SSSR count). The summed E-state index contributed by atoms with van der Waals surface area (Å²) < 4.78 is 0. The monoisotopic (exact) mass is 166 g/mol. The fourth-order valence-corrected chi connectivity index (χ4v) is 0.424. The summed E-state index contributed by atoms with van der Waals surface area (Å²) in [5.41, 5.74) is -1.35. The van der Waals surface area contributed by atoms with E-state index in [-0.39, 0.29) is 5.48 Å². The molecular formula is C6H14O5. The van der Waals surface area contributed by atoms with Gasteiger partial charge in [-0.05, 0) is 0 Å². The third kappa shape index (κ3) is 2.47. The predicted molar refractivity (Wildman–Crippen MR) is 39.1 cm³/mol. The SMILES string of the molecule is C=C(O)C(CO)(CO)CO.O. The number of aliphatic hydroxyl groups excluding tert-OH is 4. The van der Waals surface area contributed by atoms with Crippen LogP contribution in [0.15, 0.2) is 12.3 Å². The molecule has 0 aliphatic rings. The lowest BCUT2D eigenvalue weighted by atomic mass is 9.89. The van der Waals surface area contributed by atoms with Crippen LogP contribution in [0.5, 0.6) is 0 Å². The molecule has 0 saturated carbocycles. The van der Waals surface area contributed by atoms with Crippen molar-refractivity contribution in [2.24, 2.45) is 5.41 Å². The van der Waals surface area contributed by atoms with Crippen LogP contribution in [0.3, 0.4) is 0 Å². The lowest BCUT2D eigenvalue weighted by molar-refractivity contribution is 0.00566. The predicted octanol–water partition coefficient (Wildman–Crippen LogP) is -1.80. The third-order valence-corrected chi connectivity index (χ3v) is 1.52. The molecule has 68 valence electrons. The summed E-state index contributed by atoms with van der Waals surface area (Å²) in [5, 5.41) is 34.6. The summed E-state index contributed by atoms with van der Waals surface area (Å²) >= 11 is 0. The maximum atomic E-state index is 8.79. The Bertz CT molecular complexity index is 110. The lowest BCUT2D eigenvalue weighted by Gasteiger charge is -2.25. The van der Waals surface area contributed by atoms with E-state index >= 15 is 0 Å². The molecule has 0 fully saturated rings. The lowest BCUT2D eigenvalue weighted by Crippen LogP contribution is -2.35. The summed E-state index contributed by atoms with van der Waals surface area (Å²) in [4.78, 5) is 0. The highest BCUT2D eigenvalue weighted by molar-refractivity contribution is 5.01. The normalized spacial score (nSPS) is 10.5. The molecule has 0 radical (unpaired) electrons. The molecule has 5 nitrogen and oxygen atoms in total. The minimum atomic E-state index is -1.35. The molecule has 0 aromatic carbocycles. The molecule has 0 saturated heterocycles. The topological polar surface area (TPSA) is 112 Å². The molecule has 0 aromatic heterocycles. The van der Waals surface area contributed by atoms with Crippen molar-refractivity contribution in [1.82, 2.24) is 0 Å². The average molecular weight is 166 g/mol. The average Bonchev–Trinajstić information content (AvgIpc) is 1.92. The molecule has 6 N–H and O–H groups in total. The maximum Gasteiger partial charge on any atom is 0.0982 e. The second kappa shape index (κ2) is 5.09. The molecule has 0 unspecified atom stereocenters. The Morgan fingerprint density at radius 2 is 1.36 bits per heavy atom. The van der Waals surface area contributed by atoms with E-state index in [1.807, 2.05) is 0 Å². The van der Waals surface area contributed by atoms with Crippen LogP contribution in [0.2, 0.25) is 0 Å². The van der Waals surface area contributed by atoms with E-state index in [1.165, 1.54) is 0 Å². The number of hydrogen-bond donors (Lipinski definition) is 4. The fraction of sp³-hybridized carbons (Fsp3) is 0.667. The summed E-state index contributed by atoms with van der Waals surface area (Å²) in [6, 6.07) is 0. The van der Waals surface area contributed by atoms with Gasteiger partial charge in [0.05, 0.1) is 31.0 Å². The maximum absolute atomic E-state index is 8.79. The van der Waals surface area contributed by atoms with Crippen molar-refractivity contribution < 1.29 is 25.9 Å². The largest absolute Gasteiger partial charge is 0.512 e. The molecule has 0 aliphatic carbocycles. The third-order valence-electron chi connectivity index (χ3n) is 1.52. The van der Waals surface area contributed by atoms with Gasteiger partial charge in [-0.1, -0.05) is 6.58 Å². The highest BCUT2D eigenvalue weighted by Crippen LogP contribution is 2.21. The molecule has 5 heteroatoms. The van der Waals surface area contributed by atoms with Crippen molar-refractivity contribution in [3.8, 4) is 0 Å². The smallest absolute Gasteiger partial charge is 0.0982 e. The molecule has 0 aromatic rings. The van der Waals surface area contributed by atoms with Gasteiger partial charge in [-0.25, -0.2) is 0 Å². The first kappa shape index (κ1) is 13.0. The van der Waals surface area contributed by atoms with Gasteiger partial charge in [-0.3, -0.25) is 0 Å². The minimum Gasteiger partial charge on any atom is -0.512 e. The molecule has 0 spiro atoms. The zero-order valence-corrected chi connectivity index (χ0v) is 6.12. The number of rotatable bonds is 4. The van der Waals surface area contributed by atoms with Gasteiger partial charge < -0.3 is 25.9 Å². The Morgan fingerprint density at radius 3 is 1.36 bits per heavy atom. The zero-order valence-electron chi connectivity index (χ0n) is 6.12. The van der Waals surface area contributed by atoms with Gasteiger partial charge >= 0.3 is 0 Å². The Kier molecular flexibility index (Phi) is 6.01. The Balaban J connectivity index is 0. The number of hydrogen-bond acceptors (Lipinski definition) is 4. The van der Waals surface area contributed by atoms with Crippen LogP contribution >= 0.6 is 0 Å². The first-order valence-electron chi connectivity index (χ1n) is 2.84. The van der Waals surface area contributed by atoms with Crippen molar-refractivity contribution >= 4 is 0 Å². The second-order valence-corrected chi connectivity index (χ2v) is 2.20. The van der Waals surface area contributed by atoms with Crippen molar-refractivity contribution in [3.05, 3.63) is 12.3 Å². The van der Waals surface area contributed by atoms with Crippen LogP contribution in [-0.2, 0) is 0 Å². The zero-order chi connectivity index (χ0) is 8.20. The Hall–Kier alpha value is -0.620. The molecule has 0 amide bonds. The van der Waals surface area contributed by atoms with Crippen LogP contribution in [0, 0.1) is 5.41 Å². The number of aliphatic hydroxyl groups is 4. The van der Waals surface area contributed by atoms with E-state index in [4.69, 9.17) is 20.4 Å². The van der Waals surface area contributed by atoms with Gasteiger partial charge in [0.1, 0.15) is 0 Å². The minimum absolute atomic E-state index is 0. The quantitative estimate of drug-likeness (QED) is 0.369. The van der Waals surface area contributed by atoms with Crippen molar-refractivity contribution in [2.75, 3.05) is 19.8 Å². The molecule has 0 heterocycles. The first-order chi connectivity index (χ1) is 4.63. The molecule has 11 heavy (non-hydrogen) atoms. The Labute approximate surface area is 64.5 Å². The van der Waals surface area contributed by atoms with Gasteiger partial charge in [-0.2, -0.15) is 0 Å². The van der Waals surface area contributed by atoms with E-state index in [2.05, 4.69) is 6.58 Å². The molecule has 0 bridgehead atoms. The molecule has 0 atom stereocenters. The molecular weight excluding hydrogens is 152 g/mol. The summed E-state index contributed by atoms with van der Waals surface area (Å²) in [7, 11) is 0. The van der Waals surface area contributed by atoms with Gasteiger partial charge in [0, 0.05) is 0 Å². The van der Waals surface area contributed by atoms with Gasteiger partial charge in [0.15, 0.2) is 0 Å². The van der Waals surface area contributed by atoms with Crippen LogP contribution < -0.4 is 0 Å².